The van der Waals surface area contributed by atoms with E-state index in [9.17, 15) is 32.9 Å². The van der Waals surface area contributed by atoms with Gasteiger partial charge in [0.25, 0.3) is 5.91 Å². The number of nitro groups is 1. The summed E-state index contributed by atoms with van der Waals surface area (Å²) < 4.78 is 27.9. The minimum absolute atomic E-state index is 0.00810. The van der Waals surface area contributed by atoms with E-state index in [0.717, 1.165) is 18.5 Å². The van der Waals surface area contributed by atoms with Gasteiger partial charge in [0.15, 0.2) is 9.84 Å². The van der Waals surface area contributed by atoms with Gasteiger partial charge in [-0.3, -0.25) is 24.5 Å². The van der Waals surface area contributed by atoms with Crippen LogP contribution in [0.3, 0.4) is 0 Å². The van der Waals surface area contributed by atoms with Crippen LogP contribution in [0.15, 0.2) is 17.3 Å². The number of pyridine rings is 1. The molecule has 0 unspecified atom stereocenters. The molecular weight excluding hydrogens is 422 g/mol. The van der Waals surface area contributed by atoms with Crippen molar-refractivity contribution in [3.8, 4) is 12.3 Å². The summed E-state index contributed by atoms with van der Waals surface area (Å²) in [5, 5.41) is 17.4. The number of ether oxygens (including phenoxy) is 1. The molecule has 1 heterocycles. The molecule has 1 aromatic heterocycles. The Hall–Kier alpha value is -3.57. The third-order valence-corrected chi connectivity index (χ3v) is 4.25. The zero-order valence-electron chi connectivity index (χ0n) is 15.8. The van der Waals surface area contributed by atoms with Crippen LogP contribution in [0.1, 0.15) is 10.4 Å². The molecule has 0 bridgehead atoms. The third kappa shape index (κ3) is 8.20. The van der Waals surface area contributed by atoms with Gasteiger partial charge in [-0.05, 0) is 0 Å². The van der Waals surface area contributed by atoms with Crippen LogP contribution in [0.2, 0.25) is 0 Å². The minimum Gasteiger partial charge on any atom is -0.362 e. The van der Waals surface area contributed by atoms with Gasteiger partial charge in [-0.1, -0.05) is 5.92 Å². The lowest BCUT2D eigenvalue weighted by Crippen LogP contribution is -2.37. The molecule has 162 valence electrons. The average molecular weight is 441 g/mol. The molecule has 0 aliphatic carbocycles. The molecular formula is C16H19N5O8S. The van der Waals surface area contributed by atoms with Gasteiger partial charge in [-0.2, -0.15) is 0 Å². The lowest BCUT2D eigenvalue weighted by atomic mass is 10.2. The van der Waals surface area contributed by atoms with Crippen molar-refractivity contribution >= 4 is 33.2 Å². The third-order valence-electron chi connectivity index (χ3n) is 3.23. The molecule has 0 saturated heterocycles. The van der Waals surface area contributed by atoms with Crippen LogP contribution in [-0.4, -0.2) is 75.2 Å². The first-order chi connectivity index (χ1) is 14.1. The highest BCUT2D eigenvalue weighted by molar-refractivity contribution is 7.90. The highest BCUT2D eigenvalue weighted by Gasteiger charge is 2.25. The number of carbonyl (C=O) groups is 3. The first-order valence-corrected chi connectivity index (χ1v) is 10.1. The molecule has 0 atom stereocenters. The van der Waals surface area contributed by atoms with Gasteiger partial charge in [-0.25, -0.2) is 13.4 Å². The molecule has 3 amide bonds. The first-order valence-electron chi connectivity index (χ1n) is 8.23. The predicted molar refractivity (Wildman–Crippen MR) is 102 cm³/mol. The SMILES string of the molecule is C#CCNC(=O)COCC(=O)NCCNC(=O)c1cnc(S(C)(=O)=O)c([N+](=O)[O-])c1. The number of rotatable bonds is 11. The number of hydrogen-bond donors (Lipinski definition) is 3. The zero-order valence-corrected chi connectivity index (χ0v) is 16.7. The Morgan fingerprint density at radius 3 is 2.37 bits per heavy atom. The number of sulfone groups is 1. The second-order valence-electron chi connectivity index (χ2n) is 5.66. The molecule has 30 heavy (non-hydrogen) atoms. The lowest BCUT2D eigenvalue weighted by molar-refractivity contribution is -0.388. The molecule has 0 saturated carbocycles. The molecule has 13 nitrogen and oxygen atoms in total. The van der Waals surface area contributed by atoms with Crippen LogP contribution < -0.4 is 16.0 Å². The van der Waals surface area contributed by atoms with Crippen LogP contribution in [-0.2, 0) is 24.2 Å². The summed E-state index contributed by atoms with van der Waals surface area (Å²) >= 11 is 0. The fraction of sp³-hybridized carbons (Fsp3) is 0.375. The van der Waals surface area contributed by atoms with Crippen molar-refractivity contribution in [2.24, 2.45) is 0 Å². The van der Waals surface area contributed by atoms with E-state index in [1.807, 2.05) is 0 Å². The van der Waals surface area contributed by atoms with Gasteiger partial charge >= 0.3 is 5.69 Å². The largest absolute Gasteiger partial charge is 0.362 e. The van der Waals surface area contributed by atoms with E-state index in [1.165, 1.54) is 0 Å². The molecule has 3 N–H and O–H groups in total. The number of terminal acetylenes is 1. The highest BCUT2D eigenvalue weighted by Crippen LogP contribution is 2.22. The molecule has 0 spiro atoms. The number of nitrogens with one attached hydrogen (secondary N) is 3. The molecule has 1 rings (SSSR count). The van der Waals surface area contributed by atoms with Crippen LogP contribution >= 0.6 is 0 Å². The van der Waals surface area contributed by atoms with Gasteiger partial charge in [-0.15, -0.1) is 6.42 Å². The Morgan fingerprint density at radius 2 is 1.80 bits per heavy atom. The van der Waals surface area contributed by atoms with E-state index < -0.39 is 43.2 Å². The van der Waals surface area contributed by atoms with Gasteiger partial charge in [0.2, 0.25) is 16.8 Å². The lowest BCUT2D eigenvalue weighted by Gasteiger charge is -2.08. The van der Waals surface area contributed by atoms with Gasteiger partial charge < -0.3 is 20.7 Å². The van der Waals surface area contributed by atoms with Crippen molar-refractivity contribution in [3.63, 3.8) is 0 Å². The Balaban J connectivity index is 2.46. The summed E-state index contributed by atoms with van der Waals surface area (Å²) in [6.07, 6.45) is 6.63. The smallest absolute Gasteiger partial charge is 0.307 e. The first kappa shape index (κ1) is 24.5. The maximum absolute atomic E-state index is 12.0. The number of aromatic nitrogens is 1. The molecule has 0 radical (unpaired) electrons. The maximum atomic E-state index is 12.0. The standard InChI is InChI=1S/C16H19N5O8S/c1-3-4-17-13(22)9-29-10-14(23)18-5-6-19-15(24)11-7-12(21(25)26)16(20-8-11)30(2,27)28/h1,7-8H,4-6,9-10H2,2H3,(H,17,22)(H,18,23)(H,19,24). The van der Waals surface area contributed by atoms with Gasteiger partial charge in [0.1, 0.15) is 13.2 Å². The number of carbonyl (C=O) groups excluding carboxylic acids is 3. The number of nitrogens with zero attached hydrogens (tertiary/aromatic N) is 2. The zero-order chi connectivity index (χ0) is 22.7. The minimum atomic E-state index is -3.95. The molecule has 0 aromatic carbocycles. The molecule has 1 aromatic rings. The second-order valence-corrected chi connectivity index (χ2v) is 7.59. The Bertz CT molecular complexity index is 970. The summed E-state index contributed by atoms with van der Waals surface area (Å²) in [5.41, 5.74) is -1.04. The van der Waals surface area contributed by atoms with E-state index in [1.54, 1.807) is 0 Å². The number of amides is 3. The summed E-state index contributed by atoms with van der Waals surface area (Å²) in [6, 6.07) is 0.802. The van der Waals surface area contributed by atoms with Crippen molar-refractivity contribution in [2.75, 3.05) is 39.1 Å². The topological polar surface area (TPSA) is 187 Å². The van der Waals surface area contributed by atoms with Gasteiger partial charge in [0, 0.05) is 31.6 Å². The average Bonchev–Trinajstić information content (AvgIpc) is 2.68. The molecule has 0 aliphatic heterocycles. The van der Waals surface area contributed by atoms with Crippen LogP contribution in [0.5, 0.6) is 0 Å². The van der Waals surface area contributed by atoms with Crippen LogP contribution in [0.4, 0.5) is 5.69 Å². The van der Waals surface area contributed by atoms with Crippen molar-refractivity contribution in [3.05, 3.63) is 27.9 Å². The van der Waals surface area contributed by atoms with Crippen LogP contribution in [0, 0.1) is 22.5 Å². The second kappa shape index (κ2) is 11.4. The maximum Gasteiger partial charge on any atom is 0.307 e. The fourth-order valence-corrected chi connectivity index (χ4v) is 2.71. The van der Waals surface area contributed by atoms with Crippen molar-refractivity contribution in [1.82, 2.24) is 20.9 Å². The Kier molecular flexibility index (Phi) is 9.33. The van der Waals surface area contributed by atoms with E-state index in [-0.39, 0.29) is 38.4 Å². The summed E-state index contributed by atoms with van der Waals surface area (Å²) in [5.74, 6) is 0.444. The van der Waals surface area contributed by atoms with Crippen molar-refractivity contribution in [1.29, 1.82) is 0 Å². The van der Waals surface area contributed by atoms with Gasteiger partial charge in [0.05, 0.1) is 17.0 Å². The Labute approximate surface area is 171 Å². The van der Waals surface area contributed by atoms with E-state index in [4.69, 9.17) is 11.2 Å². The van der Waals surface area contributed by atoms with E-state index >= 15 is 0 Å². The van der Waals surface area contributed by atoms with E-state index in [0.29, 0.717) is 0 Å². The highest BCUT2D eigenvalue weighted by atomic mass is 32.2. The van der Waals surface area contributed by atoms with Crippen molar-refractivity contribution in [2.45, 2.75) is 5.03 Å². The Morgan fingerprint density at radius 1 is 1.20 bits per heavy atom. The normalized spacial score (nSPS) is 10.5. The fourth-order valence-electron chi connectivity index (χ4n) is 1.95. The summed E-state index contributed by atoms with van der Waals surface area (Å²) in [4.78, 5) is 48.4. The monoisotopic (exact) mass is 441 g/mol. The van der Waals surface area contributed by atoms with E-state index in [2.05, 4.69) is 26.9 Å². The molecule has 0 aliphatic rings. The molecule has 0 fully saturated rings. The summed E-state index contributed by atoms with van der Waals surface area (Å²) in [7, 11) is -3.95. The molecule has 14 heteroatoms. The van der Waals surface area contributed by atoms with Crippen LogP contribution in [0.25, 0.3) is 0 Å². The number of hydrogen-bond acceptors (Lipinski definition) is 9. The quantitative estimate of drug-likeness (QED) is 0.151. The predicted octanol–water partition coefficient (Wildman–Crippen LogP) is -1.99. The van der Waals surface area contributed by atoms with Crippen molar-refractivity contribution < 1.29 is 32.5 Å². The summed E-state index contributed by atoms with van der Waals surface area (Å²) in [6.45, 7) is -0.714.